The van der Waals surface area contributed by atoms with Crippen LogP contribution in [0.5, 0.6) is 0 Å². The van der Waals surface area contributed by atoms with Gasteiger partial charge in [0.25, 0.3) is 5.91 Å². The van der Waals surface area contributed by atoms with Crippen LogP contribution in [0.3, 0.4) is 0 Å². The molecule has 0 radical (unpaired) electrons. The molecule has 3 rings (SSSR count). The number of benzene rings is 1. The summed E-state index contributed by atoms with van der Waals surface area (Å²) in [6.07, 6.45) is 3.41. The molecule has 6 heteroatoms. The molecule has 1 aromatic carbocycles. The molecule has 1 aliphatic rings. The van der Waals surface area contributed by atoms with Gasteiger partial charge in [0.15, 0.2) is 0 Å². The molecule has 5 nitrogen and oxygen atoms in total. The summed E-state index contributed by atoms with van der Waals surface area (Å²) in [6.45, 7) is 2.23. The highest BCUT2D eigenvalue weighted by atomic mass is 79.9. The molecule has 1 aliphatic heterocycles. The van der Waals surface area contributed by atoms with E-state index in [9.17, 15) is 9.90 Å². The zero-order valence-electron chi connectivity index (χ0n) is 13.2. The SMILES string of the molecule is O=C(NC(Br)C(O)CN1CCc2ccccc2C1)c1cccnc1. The van der Waals surface area contributed by atoms with Gasteiger partial charge in [-0.1, -0.05) is 40.2 Å². The fourth-order valence-corrected chi connectivity index (χ4v) is 3.24. The molecule has 2 heterocycles. The number of carbonyl (C=O) groups excluding carboxylic acids is 1. The maximum atomic E-state index is 12.1. The Hall–Kier alpha value is -1.76. The van der Waals surface area contributed by atoms with Crippen molar-refractivity contribution < 1.29 is 9.90 Å². The number of β-amino-alcohol motifs (C(OH)–C–C–N with tert-alkyl or cyclic N) is 1. The molecule has 126 valence electrons. The average molecular weight is 390 g/mol. The van der Waals surface area contributed by atoms with Gasteiger partial charge in [-0.15, -0.1) is 0 Å². The Morgan fingerprint density at radius 3 is 2.83 bits per heavy atom. The van der Waals surface area contributed by atoms with Crippen LogP contribution in [0.25, 0.3) is 0 Å². The summed E-state index contributed by atoms with van der Waals surface area (Å²) in [5.74, 6) is -0.256. The predicted molar refractivity (Wildman–Crippen MR) is 95.8 cm³/mol. The largest absolute Gasteiger partial charge is 0.389 e. The smallest absolute Gasteiger partial charge is 0.253 e. The number of alkyl halides is 1. The molecular formula is C18H20BrN3O2. The summed E-state index contributed by atoms with van der Waals surface area (Å²) in [5.41, 5.74) is 3.16. The summed E-state index contributed by atoms with van der Waals surface area (Å²) < 4.78 is 0. The number of carbonyl (C=O) groups is 1. The number of hydrogen-bond donors (Lipinski definition) is 2. The molecule has 2 unspecified atom stereocenters. The van der Waals surface area contributed by atoms with E-state index in [-0.39, 0.29) is 5.91 Å². The fourth-order valence-electron chi connectivity index (χ4n) is 2.87. The van der Waals surface area contributed by atoms with Crippen LogP contribution >= 0.6 is 15.9 Å². The van der Waals surface area contributed by atoms with E-state index in [0.717, 1.165) is 19.5 Å². The molecule has 2 aromatic rings. The first-order valence-corrected chi connectivity index (χ1v) is 8.87. The number of aliphatic hydroxyl groups excluding tert-OH is 1. The molecule has 2 N–H and O–H groups in total. The lowest BCUT2D eigenvalue weighted by Crippen LogP contribution is -2.46. The monoisotopic (exact) mass is 389 g/mol. The van der Waals surface area contributed by atoms with Gasteiger partial charge in [0.05, 0.1) is 11.7 Å². The van der Waals surface area contributed by atoms with Crippen LogP contribution < -0.4 is 5.32 Å². The third kappa shape index (κ3) is 4.20. The molecule has 2 atom stereocenters. The van der Waals surface area contributed by atoms with Crippen LogP contribution in [0, 0.1) is 0 Å². The van der Waals surface area contributed by atoms with Crippen LogP contribution in [-0.4, -0.2) is 45.0 Å². The van der Waals surface area contributed by atoms with Gasteiger partial charge in [0.1, 0.15) is 4.95 Å². The van der Waals surface area contributed by atoms with Crippen molar-refractivity contribution in [2.45, 2.75) is 24.0 Å². The Morgan fingerprint density at radius 1 is 1.29 bits per heavy atom. The number of rotatable bonds is 5. The van der Waals surface area contributed by atoms with Crippen molar-refractivity contribution in [3.8, 4) is 0 Å². The van der Waals surface area contributed by atoms with Crippen molar-refractivity contribution in [3.05, 3.63) is 65.5 Å². The highest BCUT2D eigenvalue weighted by molar-refractivity contribution is 9.09. The normalized spacial score (nSPS) is 16.9. The molecule has 0 fully saturated rings. The minimum absolute atomic E-state index is 0.256. The van der Waals surface area contributed by atoms with E-state index in [4.69, 9.17) is 0 Å². The van der Waals surface area contributed by atoms with Gasteiger partial charge in [0.2, 0.25) is 0 Å². The van der Waals surface area contributed by atoms with Crippen molar-refractivity contribution in [2.75, 3.05) is 13.1 Å². The van der Waals surface area contributed by atoms with Gasteiger partial charge in [0, 0.05) is 32.0 Å². The minimum Gasteiger partial charge on any atom is -0.389 e. The van der Waals surface area contributed by atoms with Crippen molar-refractivity contribution >= 4 is 21.8 Å². The fraction of sp³-hybridized carbons (Fsp3) is 0.333. The molecular weight excluding hydrogens is 370 g/mol. The highest BCUT2D eigenvalue weighted by Gasteiger charge is 2.24. The van der Waals surface area contributed by atoms with Crippen LogP contribution in [0.15, 0.2) is 48.8 Å². The van der Waals surface area contributed by atoms with E-state index < -0.39 is 11.1 Å². The molecule has 0 saturated heterocycles. The predicted octanol–water partition coefficient (Wildman–Crippen LogP) is 1.95. The van der Waals surface area contributed by atoms with Crippen molar-refractivity contribution in [1.29, 1.82) is 0 Å². The molecule has 1 aromatic heterocycles. The second-order valence-corrected chi connectivity index (χ2v) is 6.92. The number of halogens is 1. The van der Waals surface area contributed by atoms with Crippen molar-refractivity contribution in [3.63, 3.8) is 0 Å². The quantitative estimate of drug-likeness (QED) is 0.605. The van der Waals surface area contributed by atoms with E-state index in [1.54, 1.807) is 18.3 Å². The van der Waals surface area contributed by atoms with Crippen LogP contribution in [0.2, 0.25) is 0 Å². The van der Waals surface area contributed by atoms with Gasteiger partial charge in [-0.3, -0.25) is 14.7 Å². The minimum atomic E-state index is -0.698. The molecule has 0 aliphatic carbocycles. The lowest BCUT2D eigenvalue weighted by Gasteiger charge is -2.31. The standard InChI is InChI=1S/C18H20BrN3O2/c19-17(21-18(24)14-6-3-8-20-10-14)16(23)12-22-9-7-13-4-1-2-5-15(13)11-22/h1-6,8,10,16-17,23H,7,9,11-12H2,(H,21,24). The maximum absolute atomic E-state index is 12.1. The number of pyridine rings is 1. The second kappa shape index (κ2) is 7.88. The first-order chi connectivity index (χ1) is 11.6. The zero-order valence-corrected chi connectivity index (χ0v) is 14.8. The average Bonchev–Trinajstić information content (AvgIpc) is 2.62. The summed E-state index contributed by atoms with van der Waals surface area (Å²) in [5, 5.41) is 13.2. The Morgan fingerprint density at radius 2 is 2.08 bits per heavy atom. The van der Waals surface area contributed by atoms with Crippen LogP contribution in [-0.2, 0) is 13.0 Å². The molecule has 1 amide bonds. The van der Waals surface area contributed by atoms with E-state index in [2.05, 4.69) is 49.3 Å². The lowest BCUT2D eigenvalue weighted by molar-refractivity contribution is 0.0806. The van der Waals surface area contributed by atoms with Gasteiger partial charge >= 0.3 is 0 Å². The maximum Gasteiger partial charge on any atom is 0.253 e. The number of hydrogen-bond acceptors (Lipinski definition) is 4. The molecule has 24 heavy (non-hydrogen) atoms. The highest BCUT2D eigenvalue weighted by Crippen LogP contribution is 2.19. The Labute approximate surface area is 149 Å². The van der Waals surface area contributed by atoms with E-state index in [1.807, 2.05) is 6.07 Å². The first-order valence-electron chi connectivity index (χ1n) is 7.95. The van der Waals surface area contributed by atoms with Gasteiger partial charge < -0.3 is 10.4 Å². The molecule has 0 spiro atoms. The van der Waals surface area contributed by atoms with Gasteiger partial charge in [-0.2, -0.15) is 0 Å². The Bertz CT molecular complexity index is 696. The number of amides is 1. The third-order valence-electron chi connectivity index (χ3n) is 4.19. The third-order valence-corrected chi connectivity index (χ3v) is 5.02. The van der Waals surface area contributed by atoms with E-state index >= 15 is 0 Å². The Kier molecular flexibility index (Phi) is 5.60. The summed E-state index contributed by atoms with van der Waals surface area (Å²) in [7, 11) is 0. The van der Waals surface area contributed by atoms with Gasteiger partial charge in [-0.05, 0) is 29.7 Å². The summed E-state index contributed by atoms with van der Waals surface area (Å²) >= 11 is 3.37. The number of aromatic nitrogens is 1. The number of aliphatic hydroxyl groups is 1. The van der Waals surface area contributed by atoms with Gasteiger partial charge in [-0.25, -0.2) is 0 Å². The zero-order chi connectivity index (χ0) is 16.9. The Balaban J connectivity index is 1.53. The second-order valence-electron chi connectivity index (χ2n) is 5.94. The lowest BCUT2D eigenvalue weighted by atomic mass is 10.00. The summed E-state index contributed by atoms with van der Waals surface area (Å²) in [6, 6.07) is 11.8. The number of nitrogens with one attached hydrogen (secondary N) is 1. The van der Waals surface area contributed by atoms with Crippen LogP contribution in [0.1, 0.15) is 21.5 Å². The van der Waals surface area contributed by atoms with Crippen molar-refractivity contribution in [1.82, 2.24) is 15.2 Å². The molecule has 0 bridgehead atoms. The molecule has 0 saturated carbocycles. The number of nitrogens with zero attached hydrogens (tertiary/aromatic N) is 2. The van der Waals surface area contributed by atoms with E-state index in [0.29, 0.717) is 12.1 Å². The summed E-state index contributed by atoms with van der Waals surface area (Å²) in [4.78, 5) is 17.7. The topological polar surface area (TPSA) is 65.5 Å². The number of fused-ring (bicyclic) bond motifs is 1. The van der Waals surface area contributed by atoms with Crippen LogP contribution in [0.4, 0.5) is 0 Å². The first kappa shape index (κ1) is 17.1. The van der Waals surface area contributed by atoms with E-state index in [1.165, 1.54) is 17.3 Å². The van der Waals surface area contributed by atoms with Crippen molar-refractivity contribution in [2.24, 2.45) is 0 Å².